The van der Waals surface area contributed by atoms with Crippen LogP contribution in [0.25, 0.3) is 0 Å². The number of amides is 2. The van der Waals surface area contributed by atoms with Gasteiger partial charge in [-0.2, -0.15) is 0 Å². The van der Waals surface area contributed by atoms with Crippen LogP contribution in [0.15, 0.2) is 30.4 Å². The maximum atomic E-state index is 13.3. The highest BCUT2D eigenvalue weighted by atomic mass is 16.7. The number of ether oxygens (including phenoxy) is 3. The average Bonchev–Trinajstić information content (AvgIpc) is 3.39. The third-order valence-electron chi connectivity index (χ3n) is 5.71. The SMILES string of the molecule is Cc1ccc([N+](=O)[O-])cc1N1C(=O)[C@H]2[C@H]3C=C[C@@](C4OCCO4)(O3)[C@H]2C1=O. The van der Waals surface area contributed by atoms with E-state index < -0.39 is 46.6 Å². The fraction of sp³-hybridized carbons (Fsp3) is 0.444. The van der Waals surface area contributed by atoms with Gasteiger partial charge >= 0.3 is 0 Å². The molecule has 0 N–H and O–H groups in total. The molecule has 2 bridgehead atoms. The molecule has 0 unspecified atom stereocenters. The van der Waals surface area contributed by atoms with Crippen LogP contribution in [0.5, 0.6) is 0 Å². The van der Waals surface area contributed by atoms with E-state index >= 15 is 0 Å². The minimum absolute atomic E-state index is 0.178. The van der Waals surface area contributed by atoms with Crippen molar-refractivity contribution in [3.05, 3.63) is 46.0 Å². The predicted octanol–water partition coefficient (Wildman–Crippen LogP) is 1.09. The van der Waals surface area contributed by atoms with Crippen molar-refractivity contribution < 1.29 is 28.7 Å². The number of imide groups is 1. The average molecular weight is 372 g/mol. The molecule has 0 radical (unpaired) electrons. The molecule has 4 aliphatic heterocycles. The zero-order valence-corrected chi connectivity index (χ0v) is 14.4. The van der Waals surface area contributed by atoms with E-state index in [2.05, 4.69) is 0 Å². The first-order valence-corrected chi connectivity index (χ1v) is 8.67. The highest BCUT2D eigenvalue weighted by Gasteiger charge is 2.71. The van der Waals surface area contributed by atoms with Crippen LogP contribution in [-0.2, 0) is 23.8 Å². The standard InChI is InChI=1S/C18H16N2O7/c1-9-2-3-10(20(23)24)8-11(9)19-15(21)13-12-4-5-18(27-12,14(13)16(19)22)17-25-6-7-26-17/h2-5,8,12-14,17H,6-7H2,1H3/t12-,13+,14-,18-/m1/s1. The summed E-state index contributed by atoms with van der Waals surface area (Å²) in [6.45, 7) is 2.49. The second-order valence-electron chi connectivity index (χ2n) is 7.11. The molecule has 1 aromatic carbocycles. The van der Waals surface area contributed by atoms with Gasteiger partial charge in [0.25, 0.3) is 5.69 Å². The van der Waals surface area contributed by atoms with Crippen LogP contribution in [-0.4, -0.2) is 47.9 Å². The van der Waals surface area contributed by atoms with E-state index in [4.69, 9.17) is 14.2 Å². The van der Waals surface area contributed by atoms with Gasteiger partial charge in [-0.15, -0.1) is 0 Å². The van der Waals surface area contributed by atoms with E-state index in [0.717, 1.165) is 4.90 Å². The number of nitro benzene ring substituents is 1. The largest absolute Gasteiger partial charge is 0.357 e. The fourth-order valence-corrected chi connectivity index (χ4v) is 4.52. The van der Waals surface area contributed by atoms with E-state index in [9.17, 15) is 19.7 Å². The van der Waals surface area contributed by atoms with Crippen molar-refractivity contribution in [2.24, 2.45) is 11.8 Å². The van der Waals surface area contributed by atoms with Gasteiger partial charge in [-0.1, -0.05) is 12.1 Å². The second-order valence-corrected chi connectivity index (χ2v) is 7.11. The Hall–Kier alpha value is -2.62. The number of nitro groups is 1. The summed E-state index contributed by atoms with van der Waals surface area (Å²) in [5.74, 6) is -2.32. The van der Waals surface area contributed by atoms with Crippen LogP contribution in [0.3, 0.4) is 0 Å². The van der Waals surface area contributed by atoms with Crippen molar-refractivity contribution in [3.63, 3.8) is 0 Å². The molecular weight excluding hydrogens is 356 g/mol. The number of nitrogens with zero attached hydrogens (tertiary/aromatic N) is 2. The topological polar surface area (TPSA) is 108 Å². The molecular formula is C18H16N2O7. The lowest BCUT2D eigenvalue weighted by Gasteiger charge is -2.32. The molecule has 0 saturated carbocycles. The minimum atomic E-state index is -1.14. The number of hydrogen-bond acceptors (Lipinski definition) is 7. The third kappa shape index (κ3) is 2.04. The van der Waals surface area contributed by atoms with Gasteiger partial charge in [0.15, 0.2) is 11.9 Å². The first-order valence-electron chi connectivity index (χ1n) is 8.67. The number of carbonyl (C=O) groups excluding carboxylic acids is 2. The van der Waals surface area contributed by atoms with Crippen LogP contribution >= 0.6 is 0 Å². The lowest BCUT2D eigenvalue weighted by atomic mass is 9.76. The first kappa shape index (κ1) is 16.5. The maximum absolute atomic E-state index is 13.3. The monoisotopic (exact) mass is 372 g/mol. The van der Waals surface area contributed by atoms with Gasteiger partial charge in [-0.25, -0.2) is 4.90 Å². The highest BCUT2D eigenvalue weighted by molar-refractivity contribution is 6.23. The molecule has 0 aromatic heterocycles. The molecule has 9 heteroatoms. The molecule has 5 rings (SSSR count). The van der Waals surface area contributed by atoms with Gasteiger partial charge in [0, 0.05) is 12.1 Å². The van der Waals surface area contributed by atoms with Gasteiger partial charge in [-0.05, 0) is 18.6 Å². The zero-order valence-electron chi connectivity index (χ0n) is 14.4. The summed E-state index contributed by atoms with van der Waals surface area (Å²) in [6.07, 6.45) is 2.23. The summed E-state index contributed by atoms with van der Waals surface area (Å²) in [5, 5.41) is 11.1. The van der Waals surface area contributed by atoms with Crippen LogP contribution < -0.4 is 4.90 Å². The van der Waals surface area contributed by atoms with Crippen molar-refractivity contribution in [2.45, 2.75) is 24.9 Å². The van der Waals surface area contributed by atoms with Crippen molar-refractivity contribution in [1.82, 2.24) is 0 Å². The molecule has 4 heterocycles. The Bertz CT molecular complexity index is 907. The lowest BCUT2D eigenvalue weighted by molar-refractivity contribution is -0.384. The normalized spacial score (nSPS) is 34.7. The van der Waals surface area contributed by atoms with E-state index in [1.165, 1.54) is 18.2 Å². The van der Waals surface area contributed by atoms with Crippen molar-refractivity contribution in [3.8, 4) is 0 Å². The van der Waals surface area contributed by atoms with E-state index in [0.29, 0.717) is 18.8 Å². The Balaban J connectivity index is 1.58. The molecule has 140 valence electrons. The number of aryl methyl sites for hydroxylation is 1. The summed E-state index contributed by atoms with van der Waals surface area (Å²) in [5.41, 5.74) is -0.479. The van der Waals surface area contributed by atoms with Gasteiger partial charge < -0.3 is 14.2 Å². The van der Waals surface area contributed by atoms with Gasteiger partial charge in [0.05, 0.1) is 41.8 Å². The number of rotatable bonds is 3. The first-order chi connectivity index (χ1) is 12.9. The summed E-state index contributed by atoms with van der Waals surface area (Å²) in [4.78, 5) is 38.1. The fourth-order valence-electron chi connectivity index (χ4n) is 4.52. The van der Waals surface area contributed by atoms with Gasteiger partial charge in [-0.3, -0.25) is 19.7 Å². The molecule has 3 fully saturated rings. The summed E-state index contributed by atoms with van der Waals surface area (Å²) < 4.78 is 17.2. The summed E-state index contributed by atoms with van der Waals surface area (Å²) >= 11 is 0. The van der Waals surface area contributed by atoms with Crippen LogP contribution in [0, 0.1) is 28.9 Å². The van der Waals surface area contributed by atoms with Crippen molar-refractivity contribution in [2.75, 3.05) is 18.1 Å². The highest BCUT2D eigenvalue weighted by Crippen LogP contribution is 2.55. The quantitative estimate of drug-likeness (QED) is 0.338. The van der Waals surface area contributed by atoms with Crippen molar-refractivity contribution >= 4 is 23.2 Å². The molecule has 2 amide bonds. The Morgan fingerprint density at radius 3 is 2.67 bits per heavy atom. The molecule has 3 saturated heterocycles. The smallest absolute Gasteiger partial charge is 0.271 e. The summed E-state index contributed by atoms with van der Waals surface area (Å²) in [6, 6.07) is 4.14. The Labute approximate surface area is 153 Å². The van der Waals surface area contributed by atoms with E-state index in [1.807, 2.05) is 0 Å². The van der Waals surface area contributed by atoms with E-state index in [-0.39, 0.29) is 11.4 Å². The Morgan fingerprint density at radius 1 is 1.22 bits per heavy atom. The van der Waals surface area contributed by atoms with E-state index in [1.54, 1.807) is 19.1 Å². The summed E-state index contributed by atoms with van der Waals surface area (Å²) in [7, 11) is 0. The van der Waals surface area contributed by atoms with Crippen LogP contribution in [0.2, 0.25) is 0 Å². The minimum Gasteiger partial charge on any atom is -0.357 e. The number of fused-ring (bicyclic) bond motifs is 5. The van der Waals surface area contributed by atoms with Crippen molar-refractivity contribution in [1.29, 1.82) is 0 Å². The molecule has 1 aromatic rings. The molecule has 4 atom stereocenters. The van der Waals surface area contributed by atoms with Crippen LogP contribution in [0.4, 0.5) is 11.4 Å². The van der Waals surface area contributed by atoms with Gasteiger partial charge in [0.1, 0.15) is 0 Å². The molecule has 0 spiro atoms. The van der Waals surface area contributed by atoms with Gasteiger partial charge in [0.2, 0.25) is 11.8 Å². The number of carbonyl (C=O) groups is 2. The number of non-ortho nitro benzene ring substituents is 1. The Morgan fingerprint density at radius 2 is 1.96 bits per heavy atom. The Kier molecular flexibility index (Phi) is 3.34. The second kappa shape index (κ2) is 5.44. The lowest BCUT2D eigenvalue weighted by Crippen LogP contribution is -2.49. The number of hydrogen-bond donors (Lipinski definition) is 0. The molecule has 27 heavy (non-hydrogen) atoms. The molecule has 9 nitrogen and oxygen atoms in total. The third-order valence-corrected chi connectivity index (χ3v) is 5.71. The van der Waals surface area contributed by atoms with Crippen LogP contribution in [0.1, 0.15) is 5.56 Å². The molecule has 4 aliphatic rings. The zero-order chi connectivity index (χ0) is 18.9. The number of anilines is 1. The predicted molar refractivity (Wildman–Crippen MR) is 89.7 cm³/mol. The maximum Gasteiger partial charge on any atom is 0.271 e. The number of benzene rings is 1. The molecule has 0 aliphatic carbocycles.